The molecule has 0 atom stereocenters. The molecule has 0 fully saturated rings. The summed E-state index contributed by atoms with van der Waals surface area (Å²) in [7, 11) is 0. The molecule has 0 radical (unpaired) electrons. The van der Waals surface area contributed by atoms with Gasteiger partial charge in [0.25, 0.3) is 0 Å². The fourth-order valence-corrected chi connectivity index (χ4v) is 3.74. The smallest absolute Gasteiger partial charge is 0.181 e. The minimum absolute atomic E-state index is 0. The Morgan fingerprint density at radius 1 is 1.13 bits per heavy atom. The molecule has 0 saturated heterocycles. The van der Waals surface area contributed by atoms with Gasteiger partial charge < -0.3 is 4.74 Å². The zero-order chi connectivity index (χ0) is 20.7. The van der Waals surface area contributed by atoms with Crippen LogP contribution < -0.4 is 4.74 Å². The second kappa shape index (κ2) is 8.44. The summed E-state index contributed by atoms with van der Waals surface area (Å²) in [6, 6.07) is 14.3. The molecule has 0 aliphatic rings. The van der Waals surface area contributed by atoms with Gasteiger partial charge in [-0.05, 0) is 42.5 Å². The number of nitrogens with one attached hydrogen (secondary N) is 1. The van der Waals surface area contributed by atoms with Gasteiger partial charge in [-0.2, -0.15) is 15.5 Å². The summed E-state index contributed by atoms with van der Waals surface area (Å²) in [5, 5.41) is 23.4. The van der Waals surface area contributed by atoms with E-state index in [1.165, 1.54) is 0 Å². The van der Waals surface area contributed by atoms with Crippen LogP contribution in [0.2, 0.25) is 10.0 Å². The summed E-state index contributed by atoms with van der Waals surface area (Å²) in [6.07, 6.45) is 3.40. The van der Waals surface area contributed by atoms with E-state index in [9.17, 15) is 0 Å². The van der Waals surface area contributed by atoms with Crippen molar-refractivity contribution in [2.45, 2.75) is 6.54 Å². The van der Waals surface area contributed by atoms with Crippen molar-refractivity contribution >= 4 is 57.5 Å². The third-order valence-electron chi connectivity index (χ3n) is 4.67. The third kappa shape index (κ3) is 3.89. The normalized spacial score (nSPS) is 10.7. The Bertz CT molecular complexity index is 1450. The van der Waals surface area contributed by atoms with Gasteiger partial charge in [0, 0.05) is 16.6 Å². The SMILES string of the molecule is Cl.N#Cc1cc(Cl)cc(Oc2c(Cl)ccc3c2cnn3Cc2[nH]nc3ncccc23)c1. The number of fused-ring (bicyclic) bond motifs is 2. The Hall–Kier alpha value is -3.31. The van der Waals surface area contributed by atoms with Crippen LogP contribution in [0.15, 0.2) is 54.9 Å². The molecule has 10 heteroatoms. The molecule has 5 rings (SSSR count). The van der Waals surface area contributed by atoms with Crippen molar-refractivity contribution in [1.29, 1.82) is 5.26 Å². The van der Waals surface area contributed by atoms with E-state index in [1.807, 2.05) is 22.9 Å². The van der Waals surface area contributed by atoms with E-state index in [0.717, 1.165) is 22.0 Å². The fraction of sp³-hybridized carbons (Fsp3) is 0.0476. The number of aromatic amines is 1. The highest BCUT2D eigenvalue weighted by Gasteiger charge is 2.15. The van der Waals surface area contributed by atoms with E-state index in [-0.39, 0.29) is 12.4 Å². The van der Waals surface area contributed by atoms with Crippen LogP contribution in [0.5, 0.6) is 11.5 Å². The minimum Gasteiger partial charge on any atom is -0.455 e. The predicted molar refractivity (Wildman–Crippen MR) is 121 cm³/mol. The monoisotopic (exact) mass is 470 g/mol. The molecule has 2 aromatic carbocycles. The maximum Gasteiger partial charge on any atom is 0.181 e. The van der Waals surface area contributed by atoms with Crippen LogP contribution in [0.3, 0.4) is 0 Å². The van der Waals surface area contributed by atoms with Crippen LogP contribution in [-0.2, 0) is 6.54 Å². The number of hydrogen-bond donors (Lipinski definition) is 1. The van der Waals surface area contributed by atoms with E-state index in [4.69, 9.17) is 33.2 Å². The Balaban J connectivity index is 0.00000231. The lowest BCUT2D eigenvalue weighted by atomic mass is 10.2. The van der Waals surface area contributed by atoms with Crippen molar-refractivity contribution in [2.24, 2.45) is 0 Å². The quantitative estimate of drug-likeness (QED) is 0.360. The largest absolute Gasteiger partial charge is 0.455 e. The van der Waals surface area contributed by atoms with Crippen molar-refractivity contribution in [3.63, 3.8) is 0 Å². The molecule has 0 saturated carbocycles. The molecular weight excluding hydrogens is 459 g/mol. The van der Waals surface area contributed by atoms with Gasteiger partial charge in [-0.25, -0.2) is 4.98 Å². The van der Waals surface area contributed by atoms with E-state index < -0.39 is 0 Å². The van der Waals surface area contributed by atoms with Gasteiger partial charge in [0.2, 0.25) is 0 Å². The van der Waals surface area contributed by atoms with Crippen molar-refractivity contribution in [2.75, 3.05) is 0 Å². The number of nitriles is 1. The van der Waals surface area contributed by atoms with Crippen LogP contribution in [0.25, 0.3) is 21.9 Å². The second-order valence-electron chi connectivity index (χ2n) is 6.58. The number of hydrogen-bond acceptors (Lipinski definition) is 5. The van der Waals surface area contributed by atoms with Crippen molar-refractivity contribution < 1.29 is 4.74 Å². The highest BCUT2D eigenvalue weighted by atomic mass is 35.5. The lowest BCUT2D eigenvalue weighted by Crippen LogP contribution is -2.02. The van der Waals surface area contributed by atoms with Gasteiger partial charge in [-0.3, -0.25) is 9.78 Å². The van der Waals surface area contributed by atoms with Crippen LogP contribution in [0.4, 0.5) is 0 Å². The molecule has 3 aromatic heterocycles. The minimum atomic E-state index is 0. The molecule has 1 N–H and O–H groups in total. The van der Waals surface area contributed by atoms with Gasteiger partial charge in [0.15, 0.2) is 11.4 Å². The summed E-state index contributed by atoms with van der Waals surface area (Å²) in [4.78, 5) is 4.24. The first-order valence-electron chi connectivity index (χ1n) is 8.93. The van der Waals surface area contributed by atoms with Gasteiger partial charge in [0.05, 0.1) is 46.0 Å². The molecule has 154 valence electrons. The molecule has 0 amide bonds. The standard InChI is InChI=1S/C21H12Cl2N6O.ClH/c22-13-6-12(9-24)7-14(8-13)30-20-16-10-26-29(19(16)4-3-17(20)23)11-18-15-2-1-5-25-21(15)28-27-18;/h1-8,10H,11H2,(H,25,27,28);1H. The molecule has 0 spiro atoms. The predicted octanol–water partition coefficient (Wildman–Crippen LogP) is 5.75. The molecule has 0 aliphatic carbocycles. The van der Waals surface area contributed by atoms with Crippen LogP contribution in [0.1, 0.15) is 11.3 Å². The molecular formula is C21H13Cl3N6O. The number of ether oxygens (including phenoxy) is 1. The highest BCUT2D eigenvalue weighted by Crippen LogP contribution is 2.37. The molecule has 0 aliphatic heterocycles. The highest BCUT2D eigenvalue weighted by molar-refractivity contribution is 6.33. The van der Waals surface area contributed by atoms with Crippen molar-refractivity contribution in [1.82, 2.24) is 25.0 Å². The number of H-pyrrole nitrogens is 1. The van der Waals surface area contributed by atoms with E-state index in [1.54, 1.807) is 36.7 Å². The number of benzene rings is 2. The van der Waals surface area contributed by atoms with E-state index >= 15 is 0 Å². The van der Waals surface area contributed by atoms with Crippen LogP contribution in [0, 0.1) is 11.3 Å². The summed E-state index contributed by atoms with van der Waals surface area (Å²) in [5.41, 5.74) is 2.79. The molecule has 5 aromatic rings. The van der Waals surface area contributed by atoms with Crippen LogP contribution in [-0.4, -0.2) is 25.0 Å². The third-order valence-corrected chi connectivity index (χ3v) is 5.18. The molecule has 3 heterocycles. The number of nitrogens with zero attached hydrogens (tertiary/aromatic N) is 5. The summed E-state index contributed by atoms with van der Waals surface area (Å²) in [6.45, 7) is 0.475. The topological polar surface area (TPSA) is 92.4 Å². The summed E-state index contributed by atoms with van der Waals surface area (Å²) in [5.74, 6) is 0.870. The van der Waals surface area contributed by atoms with Gasteiger partial charge in [-0.15, -0.1) is 12.4 Å². The molecule has 31 heavy (non-hydrogen) atoms. The number of pyridine rings is 1. The van der Waals surface area contributed by atoms with Crippen molar-refractivity contribution in [3.8, 4) is 17.6 Å². The molecule has 0 bridgehead atoms. The van der Waals surface area contributed by atoms with Crippen LogP contribution >= 0.6 is 35.6 Å². The zero-order valence-electron chi connectivity index (χ0n) is 15.7. The Kier molecular flexibility index (Phi) is 5.70. The lowest BCUT2D eigenvalue weighted by molar-refractivity contribution is 0.488. The lowest BCUT2D eigenvalue weighted by Gasteiger charge is -2.10. The molecule has 7 nitrogen and oxygen atoms in total. The molecule has 0 unspecified atom stereocenters. The second-order valence-corrected chi connectivity index (χ2v) is 7.42. The fourth-order valence-electron chi connectivity index (χ4n) is 3.31. The Morgan fingerprint density at radius 2 is 2.00 bits per heavy atom. The first-order chi connectivity index (χ1) is 14.6. The van der Waals surface area contributed by atoms with E-state index in [2.05, 4.69) is 26.3 Å². The maximum atomic E-state index is 9.16. The van der Waals surface area contributed by atoms with Gasteiger partial charge >= 0.3 is 0 Å². The number of aromatic nitrogens is 5. The maximum absolute atomic E-state index is 9.16. The number of rotatable bonds is 4. The van der Waals surface area contributed by atoms with E-state index in [0.29, 0.717) is 39.3 Å². The van der Waals surface area contributed by atoms with Gasteiger partial charge in [0.1, 0.15) is 5.75 Å². The van der Waals surface area contributed by atoms with Gasteiger partial charge in [-0.1, -0.05) is 23.2 Å². The Morgan fingerprint density at radius 3 is 2.84 bits per heavy atom. The average Bonchev–Trinajstić information content (AvgIpc) is 3.34. The average molecular weight is 472 g/mol. The number of halogens is 3. The summed E-state index contributed by atoms with van der Waals surface area (Å²) < 4.78 is 7.84. The summed E-state index contributed by atoms with van der Waals surface area (Å²) >= 11 is 12.5. The zero-order valence-corrected chi connectivity index (χ0v) is 18.0. The Labute approximate surface area is 192 Å². The van der Waals surface area contributed by atoms with Crippen molar-refractivity contribution in [3.05, 3.63) is 76.2 Å². The first kappa shape index (κ1) is 20.9. The first-order valence-corrected chi connectivity index (χ1v) is 9.68.